The highest BCUT2D eigenvalue weighted by molar-refractivity contribution is 7.99. The number of para-hydroxylation sites is 2. The number of fused-ring (bicyclic) bond motifs is 1. The van der Waals surface area contributed by atoms with Crippen molar-refractivity contribution >= 4 is 46.3 Å². The van der Waals surface area contributed by atoms with Gasteiger partial charge in [-0.1, -0.05) is 47.6 Å². The van der Waals surface area contributed by atoms with Crippen LogP contribution in [0.4, 0.5) is 0 Å². The number of hydrogen-bond acceptors (Lipinski definition) is 6. The van der Waals surface area contributed by atoms with Crippen LogP contribution in [0.1, 0.15) is 5.56 Å². The van der Waals surface area contributed by atoms with Crippen LogP contribution in [0, 0.1) is 0 Å². The maximum Gasteiger partial charge on any atom is 0.316 e. The molecule has 0 saturated carbocycles. The number of halogens is 1. The Balaban J connectivity index is 1.33. The molecule has 0 aliphatic rings. The standard InChI is InChI=1S/C19H17ClN2O4S/c20-14-7-5-13(6-8-14)9-10-21-17(23)11-25-18(24)12-27-19-22-15-3-1-2-4-16(15)26-19/h1-8H,9-12H2,(H,21,23). The van der Waals surface area contributed by atoms with Crippen molar-refractivity contribution in [3.05, 3.63) is 59.1 Å². The van der Waals surface area contributed by atoms with Gasteiger partial charge in [0.1, 0.15) is 11.3 Å². The average molecular weight is 405 g/mol. The molecule has 0 bridgehead atoms. The van der Waals surface area contributed by atoms with Gasteiger partial charge in [-0.05, 0) is 36.2 Å². The molecule has 6 nitrogen and oxygen atoms in total. The normalized spacial score (nSPS) is 10.7. The van der Waals surface area contributed by atoms with Crippen molar-refractivity contribution in [3.63, 3.8) is 0 Å². The van der Waals surface area contributed by atoms with Crippen LogP contribution in [-0.4, -0.2) is 35.8 Å². The Morgan fingerprint density at radius 3 is 2.70 bits per heavy atom. The fraction of sp³-hybridized carbons (Fsp3) is 0.211. The van der Waals surface area contributed by atoms with Crippen LogP contribution < -0.4 is 5.32 Å². The van der Waals surface area contributed by atoms with Crippen LogP contribution >= 0.6 is 23.4 Å². The van der Waals surface area contributed by atoms with Crippen LogP contribution in [0.15, 0.2) is 58.2 Å². The topological polar surface area (TPSA) is 81.4 Å². The van der Waals surface area contributed by atoms with E-state index in [0.29, 0.717) is 28.8 Å². The molecule has 1 amide bonds. The number of carbonyl (C=O) groups excluding carboxylic acids is 2. The van der Waals surface area contributed by atoms with Gasteiger partial charge in [-0.25, -0.2) is 4.98 Å². The molecule has 0 aliphatic heterocycles. The number of nitrogens with one attached hydrogen (secondary N) is 1. The summed E-state index contributed by atoms with van der Waals surface area (Å²) in [5.41, 5.74) is 2.45. The minimum atomic E-state index is -0.505. The Morgan fingerprint density at radius 1 is 1.15 bits per heavy atom. The molecule has 0 spiro atoms. The minimum Gasteiger partial charge on any atom is -0.455 e. The van der Waals surface area contributed by atoms with E-state index in [2.05, 4.69) is 10.3 Å². The average Bonchev–Trinajstić information content (AvgIpc) is 3.09. The molecule has 3 aromatic rings. The van der Waals surface area contributed by atoms with Crippen molar-refractivity contribution in [2.75, 3.05) is 18.9 Å². The first kappa shape index (κ1) is 19.3. The van der Waals surface area contributed by atoms with Crippen molar-refractivity contribution in [2.45, 2.75) is 11.6 Å². The van der Waals surface area contributed by atoms with E-state index in [0.717, 1.165) is 22.8 Å². The van der Waals surface area contributed by atoms with Gasteiger partial charge in [0.05, 0.1) is 0 Å². The molecule has 3 rings (SSSR count). The van der Waals surface area contributed by atoms with E-state index in [1.807, 2.05) is 30.3 Å². The van der Waals surface area contributed by atoms with Crippen molar-refractivity contribution in [1.29, 1.82) is 0 Å². The zero-order chi connectivity index (χ0) is 19.1. The fourth-order valence-electron chi connectivity index (χ4n) is 2.27. The number of hydrogen-bond donors (Lipinski definition) is 1. The Hall–Kier alpha value is -2.51. The maximum absolute atomic E-state index is 11.8. The van der Waals surface area contributed by atoms with E-state index in [-0.39, 0.29) is 18.3 Å². The summed E-state index contributed by atoms with van der Waals surface area (Å²) in [6.45, 7) is 0.142. The molecule has 1 N–H and O–H groups in total. The molecule has 2 aromatic carbocycles. The number of amides is 1. The Morgan fingerprint density at radius 2 is 1.93 bits per heavy atom. The summed E-state index contributed by atoms with van der Waals surface area (Å²) in [5, 5.41) is 3.77. The first-order valence-electron chi connectivity index (χ1n) is 8.25. The molecule has 0 unspecified atom stereocenters. The molecule has 0 atom stereocenters. The van der Waals surface area contributed by atoms with Gasteiger partial charge in [0.15, 0.2) is 12.2 Å². The Bertz CT molecular complexity index is 894. The van der Waals surface area contributed by atoms with Crippen molar-refractivity contribution < 1.29 is 18.7 Å². The van der Waals surface area contributed by atoms with Crippen molar-refractivity contribution in [3.8, 4) is 0 Å². The largest absolute Gasteiger partial charge is 0.455 e. The monoisotopic (exact) mass is 404 g/mol. The third-order valence-corrected chi connectivity index (χ3v) is 4.65. The zero-order valence-corrected chi connectivity index (χ0v) is 15.9. The number of nitrogens with zero attached hydrogens (tertiary/aromatic N) is 1. The van der Waals surface area contributed by atoms with Gasteiger partial charge < -0.3 is 14.5 Å². The van der Waals surface area contributed by atoms with Gasteiger partial charge in [-0.15, -0.1) is 0 Å². The van der Waals surface area contributed by atoms with Crippen molar-refractivity contribution in [2.24, 2.45) is 0 Å². The first-order chi connectivity index (χ1) is 13.1. The van der Waals surface area contributed by atoms with E-state index in [4.69, 9.17) is 20.8 Å². The molecule has 0 aliphatic carbocycles. The lowest BCUT2D eigenvalue weighted by molar-refractivity contribution is -0.145. The van der Waals surface area contributed by atoms with Crippen LogP contribution in [0.25, 0.3) is 11.1 Å². The number of oxazole rings is 1. The lowest BCUT2D eigenvalue weighted by Gasteiger charge is -2.06. The Labute approximate surface area is 165 Å². The highest BCUT2D eigenvalue weighted by atomic mass is 35.5. The molecule has 0 radical (unpaired) electrons. The molecule has 0 saturated heterocycles. The van der Waals surface area contributed by atoms with Crippen molar-refractivity contribution in [1.82, 2.24) is 10.3 Å². The minimum absolute atomic E-state index is 0.0187. The van der Waals surface area contributed by atoms with Crippen LogP contribution in [-0.2, 0) is 20.7 Å². The molecule has 0 fully saturated rings. The lowest BCUT2D eigenvalue weighted by atomic mass is 10.1. The summed E-state index contributed by atoms with van der Waals surface area (Å²) < 4.78 is 10.5. The second-order valence-corrected chi connectivity index (χ2v) is 6.99. The summed E-state index contributed by atoms with van der Waals surface area (Å²) >= 11 is 6.95. The number of rotatable bonds is 8. The van der Waals surface area contributed by atoms with Crippen LogP contribution in [0.2, 0.25) is 5.02 Å². The highest BCUT2D eigenvalue weighted by Crippen LogP contribution is 2.23. The number of aromatic nitrogens is 1. The second kappa shape index (κ2) is 9.43. The summed E-state index contributed by atoms with van der Waals surface area (Å²) in [5.74, 6) is -0.829. The van der Waals surface area contributed by atoms with E-state index in [9.17, 15) is 9.59 Å². The van der Waals surface area contributed by atoms with Gasteiger partial charge in [0, 0.05) is 11.6 Å². The van der Waals surface area contributed by atoms with E-state index < -0.39 is 5.97 Å². The third-order valence-electron chi connectivity index (χ3n) is 3.60. The third kappa shape index (κ3) is 6.01. The van der Waals surface area contributed by atoms with E-state index in [1.165, 1.54) is 0 Å². The SMILES string of the molecule is O=C(COC(=O)CSc1nc2ccccc2o1)NCCc1ccc(Cl)cc1. The quantitative estimate of drug-likeness (QED) is 0.457. The van der Waals surface area contributed by atoms with Gasteiger partial charge >= 0.3 is 5.97 Å². The molecule has 1 aromatic heterocycles. The maximum atomic E-state index is 11.8. The predicted octanol–water partition coefficient (Wildman–Crippen LogP) is 3.48. The molecular weight excluding hydrogens is 388 g/mol. The van der Waals surface area contributed by atoms with Gasteiger partial charge in [0.2, 0.25) is 0 Å². The van der Waals surface area contributed by atoms with Gasteiger partial charge in [-0.2, -0.15) is 0 Å². The smallest absolute Gasteiger partial charge is 0.316 e. The highest BCUT2D eigenvalue weighted by Gasteiger charge is 2.11. The van der Waals surface area contributed by atoms with Crippen LogP contribution in [0.5, 0.6) is 0 Å². The first-order valence-corrected chi connectivity index (χ1v) is 9.61. The van der Waals surface area contributed by atoms with Gasteiger partial charge in [0.25, 0.3) is 11.1 Å². The molecule has 1 heterocycles. The number of ether oxygens (including phenoxy) is 1. The van der Waals surface area contributed by atoms with Gasteiger partial charge in [-0.3, -0.25) is 9.59 Å². The zero-order valence-electron chi connectivity index (χ0n) is 14.3. The van der Waals surface area contributed by atoms with Crippen LogP contribution in [0.3, 0.4) is 0 Å². The molecular formula is C19H17ClN2O4S. The fourth-order valence-corrected chi connectivity index (χ4v) is 3.03. The molecule has 8 heteroatoms. The summed E-state index contributed by atoms with van der Waals surface area (Å²) in [4.78, 5) is 27.8. The number of carbonyl (C=O) groups is 2. The lowest BCUT2D eigenvalue weighted by Crippen LogP contribution is -2.30. The second-order valence-electron chi connectivity index (χ2n) is 5.62. The Kier molecular flexibility index (Phi) is 6.73. The van der Waals surface area contributed by atoms with E-state index >= 15 is 0 Å². The number of thioether (sulfide) groups is 1. The number of esters is 1. The molecule has 27 heavy (non-hydrogen) atoms. The summed E-state index contributed by atoms with van der Waals surface area (Å²) in [6.07, 6.45) is 0.671. The number of benzene rings is 2. The molecule has 140 valence electrons. The summed E-state index contributed by atoms with van der Waals surface area (Å²) in [6, 6.07) is 14.7. The van der Waals surface area contributed by atoms with E-state index in [1.54, 1.807) is 18.2 Å². The predicted molar refractivity (Wildman–Crippen MR) is 104 cm³/mol. The summed E-state index contributed by atoms with van der Waals surface area (Å²) in [7, 11) is 0.